The molecule has 0 saturated carbocycles. The summed E-state index contributed by atoms with van der Waals surface area (Å²) < 4.78 is 17.2. The molecule has 0 atom stereocenters. The van der Waals surface area contributed by atoms with Crippen molar-refractivity contribution in [2.75, 3.05) is 7.11 Å². The number of hydrogen-bond donors (Lipinski definition) is 1. The van der Waals surface area contributed by atoms with Gasteiger partial charge in [0.25, 0.3) is 5.91 Å². The quantitative estimate of drug-likeness (QED) is 0.272. The number of fused-ring (bicyclic) bond motifs is 2. The van der Waals surface area contributed by atoms with Gasteiger partial charge in [-0.15, -0.1) is 0 Å². The van der Waals surface area contributed by atoms with Gasteiger partial charge in [0.1, 0.15) is 22.8 Å². The van der Waals surface area contributed by atoms with Crippen molar-refractivity contribution in [2.45, 2.75) is 32.1 Å². The number of carbonyl (C=O) groups is 2. The number of ether oxygens (including phenoxy) is 2. The Morgan fingerprint density at radius 2 is 1.97 bits per heavy atom. The number of hydrogen-bond acceptors (Lipinski definition) is 6. The SMILES string of the molecule is COc1cc2nccc(Oc3ccc4oc(C(=O)CC5=CCCCC5)cc4c3)c2cc1C(N)=O. The van der Waals surface area contributed by atoms with Crippen molar-refractivity contribution in [3.8, 4) is 17.2 Å². The maximum atomic E-state index is 12.7. The van der Waals surface area contributed by atoms with Crippen LogP contribution in [0.2, 0.25) is 0 Å². The van der Waals surface area contributed by atoms with E-state index < -0.39 is 5.91 Å². The second-order valence-electron chi connectivity index (χ2n) is 8.36. The molecule has 5 rings (SSSR count). The number of Topliss-reactive ketones (excluding diaryl/α,β-unsaturated/α-hetero) is 1. The van der Waals surface area contributed by atoms with Crippen LogP contribution in [0.1, 0.15) is 53.0 Å². The van der Waals surface area contributed by atoms with Crippen LogP contribution in [0.25, 0.3) is 21.9 Å². The first-order valence-corrected chi connectivity index (χ1v) is 11.2. The fraction of sp³-hybridized carbons (Fsp3) is 0.222. The first kappa shape index (κ1) is 21.7. The predicted octanol–water partition coefficient (Wildman–Crippen LogP) is 5.95. The summed E-state index contributed by atoms with van der Waals surface area (Å²) >= 11 is 0. The van der Waals surface area contributed by atoms with E-state index in [4.69, 9.17) is 19.6 Å². The molecule has 1 aliphatic rings. The molecule has 0 radical (unpaired) electrons. The van der Waals surface area contributed by atoms with Crippen molar-refractivity contribution < 1.29 is 23.5 Å². The maximum Gasteiger partial charge on any atom is 0.252 e. The molecule has 2 N–H and O–H groups in total. The second-order valence-corrected chi connectivity index (χ2v) is 8.36. The van der Waals surface area contributed by atoms with Crippen LogP contribution in [-0.2, 0) is 0 Å². The molecule has 0 unspecified atom stereocenters. The second kappa shape index (κ2) is 9.02. The molecule has 0 spiro atoms. The van der Waals surface area contributed by atoms with Crippen LogP contribution in [-0.4, -0.2) is 23.8 Å². The van der Waals surface area contributed by atoms with E-state index >= 15 is 0 Å². The highest BCUT2D eigenvalue weighted by Crippen LogP contribution is 2.35. The van der Waals surface area contributed by atoms with Crippen LogP contribution in [0.3, 0.4) is 0 Å². The summed E-state index contributed by atoms with van der Waals surface area (Å²) in [6, 6.07) is 12.1. The third kappa shape index (κ3) is 4.24. The van der Waals surface area contributed by atoms with E-state index in [-0.39, 0.29) is 11.3 Å². The number of rotatable bonds is 7. The molecule has 0 bridgehead atoms. The fourth-order valence-electron chi connectivity index (χ4n) is 4.31. The van der Waals surface area contributed by atoms with Gasteiger partial charge in [-0.05, 0) is 62.1 Å². The van der Waals surface area contributed by atoms with E-state index in [9.17, 15) is 9.59 Å². The Morgan fingerprint density at radius 3 is 2.74 bits per heavy atom. The van der Waals surface area contributed by atoms with E-state index in [1.165, 1.54) is 19.1 Å². The molecule has 2 aromatic heterocycles. The highest BCUT2D eigenvalue weighted by molar-refractivity contribution is 6.01. The number of benzene rings is 2. The Hall–Kier alpha value is -4.13. The maximum absolute atomic E-state index is 12.7. The number of ketones is 1. The summed E-state index contributed by atoms with van der Waals surface area (Å²) in [5, 5.41) is 1.40. The van der Waals surface area contributed by atoms with Crippen LogP contribution in [0, 0.1) is 0 Å². The molecule has 1 amide bonds. The van der Waals surface area contributed by atoms with E-state index in [0.29, 0.717) is 45.9 Å². The van der Waals surface area contributed by atoms with Crippen molar-refractivity contribution in [2.24, 2.45) is 5.73 Å². The minimum Gasteiger partial charge on any atom is -0.496 e. The van der Waals surface area contributed by atoms with Gasteiger partial charge in [0.05, 0.1) is 18.2 Å². The normalized spacial score (nSPS) is 13.6. The monoisotopic (exact) mass is 456 g/mol. The minimum atomic E-state index is -0.602. The number of carbonyl (C=O) groups excluding carboxylic acids is 2. The molecule has 1 aliphatic carbocycles. The number of aromatic nitrogens is 1. The molecule has 34 heavy (non-hydrogen) atoms. The summed E-state index contributed by atoms with van der Waals surface area (Å²) in [4.78, 5) is 28.9. The molecular weight excluding hydrogens is 432 g/mol. The summed E-state index contributed by atoms with van der Waals surface area (Å²) in [6.07, 6.45) is 8.54. The molecule has 172 valence electrons. The van der Waals surface area contributed by atoms with Crippen LogP contribution in [0.15, 0.2) is 64.7 Å². The van der Waals surface area contributed by atoms with Gasteiger partial charge in [0.2, 0.25) is 5.78 Å². The van der Waals surface area contributed by atoms with Gasteiger partial charge in [-0.25, -0.2) is 0 Å². The average Bonchev–Trinajstić information content (AvgIpc) is 3.28. The van der Waals surface area contributed by atoms with Crippen LogP contribution in [0.4, 0.5) is 0 Å². The number of primary amides is 1. The average molecular weight is 456 g/mol. The van der Waals surface area contributed by atoms with Gasteiger partial charge in [-0.1, -0.05) is 11.6 Å². The smallest absolute Gasteiger partial charge is 0.252 e. The number of nitrogens with zero attached hydrogens (tertiary/aromatic N) is 1. The van der Waals surface area contributed by atoms with Crippen LogP contribution >= 0.6 is 0 Å². The number of pyridine rings is 1. The molecule has 0 saturated heterocycles. The van der Waals surface area contributed by atoms with Gasteiger partial charge >= 0.3 is 0 Å². The van der Waals surface area contributed by atoms with Gasteiger partial charge in [0.15, 0.2) is 5.76 Å². The third-order valence-corrected chi connectivity index (χ3v) is 6.05. The third-order valence-electron chi connectivity index (χ3n) is 6.05. The largest absolute Gasteiger partial charge is 0.496 e. The number of amides is 1. The molecule has 7 heteroatoms. The first-order valence-electron chi connectivity index (χ1n) is 11.2. The molecule has 2 aromatic carbocycles. The molecule has 7 nitrogen and oxygen atoms in total. The predicted molar refractivity (Wildman–Crippen MR) is 129 cm³/mol. The van der Waals surface area contributed by atoms with Crippen molar-refractivity contribution in [3.05, 3.63) is 71.6 Å². The zero-order chi connectivity index (χ0) is 23.7. The topological polar surface area (TPSA) is 105 Å². The number of methoxy groups -OCH3 is 1. The van der Waals surface area contributed by atoms with Crippen molar-refractivity contribution in [3.63, 3.8) is 0 Å². The Bertz CT molecular complexity index is 1450. The summed E-state index contributed by atoms with van der Waals surface area (Å²) in [5.74, 6) is 1.16. The summed E-state index contributed by atoms with van der Waals surface area (Å²) in [6.45, 7) is 0. The lowest BCUT2D eigenvalue weighted by atomic mass is 9.95. The Kier molecular flexibility index (Phi) is 5.76. The van der Waals surface area contributed by atoms with E-state index in [1.54, 1.807) is 42.6 Å². The number of nitrogens with two attached hydrogens (primary N) is 1. The van der Waals surface area contributed by atoms with Gasteiger partial charge in [0, 0.05) is 29.5 Å². The lowest BCUT2D eigenvalue weighted by Crippen LogP contribution is -2.12. The Morgan fingerprint density at radius 1 is 1.09 bits per heavy atom. The van der Waals surface area contributed by atoms with Gasteiger partial charge < -0.3 is 19.6 Å². The first-order chi connectivity index (χ1) is 16.5. The molecular formula is C27H24N2O5. The standard InChI is InChI=1S/C27H24N2O5/c1-32-25-15-21-19(14-20(25)27(28)31)24(9-10-29-21)33-18-7-8-23-17(12-18)13-26(34-23)22(30)11-16-5-3-2-4-6-16/h5,7-10,12-15H,2-4,6,11H2,1H3,(H2,28,31). The van der Waals surface area contributed by atoms with Gasteiger partial charge in [-0.3, -0.25) is 14.6 Å². The van der Waals surface area contributed by atoms with Crippen molar-refractivity contribution >= 4 is 33.6 Å². The van der Waals surface area contributed by atoms with E-state index in [0.717, 1.165) is 24.6 Å². The van der Waals surface area contributed by atoms with E-state index in [2.05, 4.69) is 11.1 Å². The highest BCUT2D eigenvalue weighted by atomic mass is 16.5. The number of furan rings is 1. The fourth-order valence-corrected chi connectivity index (χ4v) is 4.31. The summed E-state index contributed by atoms with van der Waals surface area (Å²) in [5.41, 5.74) is 8.17. The van der Waals surface area contributed by atoms with Crippen LogP contribution in [0.5, 0.6) is 17.2 Å². The lowest BCUT2D eigenvalue weighted by Gasteiger charge is -2.11. The zero-order valence-electron chi connectivity index (χ0n) is 18.8. The van der Waals surface area contributed by atoms with Gasteiger partial charge in [-0.2, -0.15) is 0 Å². The molecule has 0 fully saturated rings. The molecule has 2 heterocycles. The van der Waals surface area contributed by atoms with Crippen molar-refractivity contribution in [1.82, 2.24) is 4.98 Å². The zero-order valence-corrected chi connectivity index (χ0v) is 18.8. The molecule has 0 aliphatic heterocycles. The molecule has 4 aromatic rings. The number of allylic oxidation sites excluding steroid dienone is 2. The lowest BCUT2D eigenvalue weighted by molar-refractivity contribution is 0.0965. The van der Waals surface area contributed by atoms with E-state index in [1.807, 2.05) is 6.07 Å². The Labute approximate surface area is 196 Å². The Balaban J connectivity index is 1.44. The van der Waals surface area contributed by atoms with Crippen molar-refractivity contribution in [1.29, 1.82) is 0 Å². The highest BCUT2D eigenvalue weighted by Gasteiger charge is 2.17. The summed E-state index contributed by atoms with van der Waals surface area (Å²) in [7, 11) is 1.47. The minimum absolute atomic E-state index is 0.0140. The van der Waals surface area contributed by atoms with Crippen LogP contribution < -0.4 is 15.2 Å².